The number of nitrogens with one attached hydrogen (secondary N) is 1. The fourth-order valence-corrected chi connectivity index (χ4v) is 1.17. The lowest BCUT2D eigenvalue weighted by Crippen LogP contribution is -2.33. The van der Waals surface area contributed by atoms with Gasteiger partial charge in [0.1, 0.15) is 0 Å². The van der Waals surface area contributed by atoms with Crippen molar-refractivity contribution in [1.29, 1.82) is 0 Å². The Morgan fingerprint density at radius 3 is 2.88 bits per heavy atom. The smallest absolute Gasteiger partial charge is 0.0735 e. The summed E-state index contributed by atoms with van der Waals surface area (Å²) < 4.78 is 5.05. The first-order chi connectivity index (χ1) is 3.93. The van der Waals surface area contributed by atoms with Crippen molar-refractivity contribution in [3.05, 3.63) is 0 Å². The Morgan fingerprint density at radius 2 is 2.50 bits per heavy atom. The van der Waals surface area contributed by atoms with Crippen LogP contribution in [0.3, 0.4) is 0 Å². The third kappa shape index (κ3) is 1.70. The van der Waals surface area contributed by atoms with Gasteiger partial charge in [-0.2, -0.15) is 0 Å². The molecule has 0 aromatic carbocycles. The van der Waals surface area contributed by atoms with Gasteiger partial charge in [-0.05, 0) is 19.4 Å². The van der Waals surface area contributed by atoms with E-state index in [1.165, 1.54) is 12.8 Å². The Labute approximate surface area is 52.3 Å². The van der Waals surface area contributed by atoms with Crippen LogP contribution in [0.15, 0.2) is 0 Å². The summed E-state index contributed by atoms with van der Waals surface area (Å²) in [5, 5.41) is 3.25. The van der Waals surface area contributed by atoms with Crippen LogP contribution in [0.1, 0.15) is 12.8 Å². The quantitative estimate of drug-likeness (QED) is 0.527. The third-order valence-electron chi connectivity index (χ3n) is 1.44. The summed E-state index contributed by atoms with van der Waals surface area (Å²) in [6.45, 7) is 2.17. The van der Waals surface area contributed by atoms with E-state index in [4.69, 9.17) is 4.52 Å². The fourth-order valence-electron chi connectivity index (χ4n) is 0.936. The fraction of sp³-hybridized carbons (Fsp3) is 1.00. The second-order valence-electron chi connectivity index (χ2n) is 2.10. The minimum Gasteiger partial charge on any atom is -0.361 e. The molecule has 1 aliphatic heterocycles. The molecule has 1 fully saturated rings. The van der Waals surface area contributed by atoms with Crippen molar-refractivity contribution >= 4 is 9.47 Å². The highest BCUT2D eigenvalue weighted by Gasteiger charge is 2.09. The van der Waals surface area contributed by atoms with E-state index in [9.17, 15) is 0 Å². The van der Waals surface area contributed by atoms with E-state index in [0.29, 0.717) is 6.10 Å². The van der Waals surface area contributed by atoms with Gasteiger partial charge in [0.05, 0.1) is 6.10 Å². The van der Waals surface area contributed by atoms with Crippen LogP contribution in [0.2, 0.25) is 0 Å². The SMILES string of the molecule is POC1CCCNC1. The van der Waals surface area contributed by atoms with Gasteiger partial charge in [0.25, 0.3) is 0 Å². The molecule has 0 spiro atoms. The molecule has 0 amide bonds. The second-order valence-corrected chi connectivity index (χ2v) is 2.38. The molecule has 1 N–H and O–H groups in total. The van der Waals surface area contributed by atoms with Crippen LogP contribution in [0.4, 0.5) is 0 Å². The Balaban J connectivity index is 2.13. The van der Waals surface area contributed by atoms with Crippen LogP contribution >= 0.6 is 9.47 Å². The van der Waals surface area contributed by atoms with Gasteiger partial charge in [-0.3, -0.25) is 0 Å². The van der Waals surface area contributed by atoms with Crippen molar-refractivity contribution in [1.82, 2.24) is 5.32 Å². The molecule has 2 atom stereocenters. The zero-order valence-electron chi connectivity index (χ0n) is 4.89. The number of rotatable bonds is 1. The van der Waals surface area contributed by atoms with Gasteiger partial charge in [0.15, 0.2) is 0 Å². The topological polar surface area (TPSA) is 21.3 Å². The lowest BCUT2D eigenvalue weighted by Gasteiger charge is -2.20. The van der Waals surface area contributed by atoms with Crippen molar-refractivity contribution in [2.24, 2.45) is 0 Å². The van der Waals surface area contributed by atoms with Crippen molar-refractivity contribution < 1.29 is 4.52 Å². The summed E-state index contributed by atoms with van der Waals surface area (Å²) in [4.78, 5) is 0. The lowest BCUT2D eigenvalue weighted by atomic mass is 10.1. The van der Waals surface area contributed by atoms with Gasteiger partial charge in [0, 0.05) is 16.0 Å². The standard InChI is InChI=1S/C5H12NOP/c8-7-5-2-1-3-6-4-5/h5-6H,1-4,8H2. The number of hydrogen-bond donors (Lipinski definition) is 1. The van der Waals surface area contributed by atoms with Crippen LogP contribution in [0.5, 0.6) is 0 Å². The van der Waals surface area contributed by atoms with Gasteiger partial charge in [-0.25, -0.2) is 0 Å². The van der Waals surface area contributed by atoms with Gasteiger partial charge < -0.3 is 9.84 Å². The first kappa shape index (κ1) is 6.47. The molecular weight excluding hydrogens is 121 g/mol. The van der Waals surface area contributed by atoms with Crippen molar-refractivity contribution in [2.75, 3.05) is 13.1 Å². The minimum atomic E-state index is 0.439. The summed E-state index contributed by atoms with van der Waals surface area (Å²) in [5.74, 6) is 0. The molecule has 1 aliphatic rings. The molecule has 0 aliphatic carbocycles. The summed E-state index contributed by atoms with van der Waals surface area (Å²) in [6.07, 6.45) is 2.89. The Hall–Kier alpha value is 0.350. The highest BCUT2D eigenvalue weighted by molar-refractivity contribution is 7.09. The van der Waals surface area contributed by atoms with Crippen molar-refractivity contribution in [2.45, 2.75) is 18.9 Å². The second kappa shape index (κ2) is 3.39. The monoisotopic (exact) mass is 133 g/mol. The molecule has 1 rings (SSSR count). The van der Waals surface area contributed by atoms with Crippen LogP contribution < -0.4 is 5.32 Å². The first-order valence-corrected chi connectivity index (χ1v) is 3.47. The van der Waals surface area contributed by atoms with Crippen molar-refractivity contribution in [3.63, 3.8) is 0 Å². The average Bonchev–Trinajstić information content (AvgIpc) is 1.90. The molecule has 0 aromatic heterocycles. The normalized spacial score (nSPS) is 30.4. The van der Waals surface area contributed by atoms with Gasteiger partial charge in [-0.15, -0.1) is 0 Å². The summed E-state index contributed by atoms with van der Waals surface area (Å²) in [6, 6.07) is 0. The predicted molar refractivity (Wildman–Crippen MR) is 36.7 cm³/mol. The van der Waals surface area contributed by atoms with Crippen LogP contribution in [-0.2, 0) is 4.52 Å². The maximum atomic E-state index is 5.05. The molecule has 48 valence electrons. The maximum absolute atomic E-state index is 5.05. The van der Waals surface area contributed by atoms with Gasteiger partial charge >= 0.3 is 0 Å². The molecule has 1 heterocycles. The maximum Gasteiger partial charge on any atom is 0.0735 e. The zero-order valence-corrected chi connectivity index (χ0v) is 6.05. The van der Waals surface area contributed by atoms with E-state index in [0.717, 1.165) is 13.1 Å². The number of piperidine rings is 1. The number of hydrogen-bond acceptors (Lipinski definition) is 2. The molecule has 3 heteroatoms. The van der Waals surface area contributed by atoms with Crippen LogP contribution in [0.25, 0.3) is 0 Å². The molecule has 0 aromatic rings. The van der Waals surface area contributed by atoms with E-state index >= 15 is 0 Å². The highest BCUT2D eigenvalue weighted by atomic mass is 31.0. The largest absolute Gasteiger partial charge is 0.361 e. The van der Waals surface area contributed by atoms with E-state index in [1.807, 2.05) is 0 Å². The zero-order chi connectivity index (χ0) is 5.82. The lowest BCUT2D eigenvalue weighted by molar-refractivity contribution is 0.197. The van der Waals surface area contributed by atoms with E-state index < -0.39 is 0 Å². The molecule has 8 heavy (non-hydrogen) atoms. The van der Waals surface area contributed by atoms with Crippen LogP contribution in [0, 0.1) is 0 Å². The average molecular weight is 133 g/mol. The van der Waals surface area contributed by atoms with Crippen LogP contribution in [-0.4, -0.2) is 19.2 Å². The van der Waals surface area contributed by atoms with Gasteiger partial charge in [0.2, 0.25) is 0 Å². The van der Waals surface area contributed by atoms with E-state index in [2.05, 4.69) is 14.8 Å². The Kier molecular flexibility index (Phi) is 2.74. The van der Waals surface area contributed by atoms with Crippen molar-refractivity contribution in [3.8, 4) is 0 Å². The Bertz CT molecular complexity index is 63.4. The molecule has 2 unspecified atom stereocenters. The predicted octanol–water partition coefficient (Wildman–Crippen LogP) is 0.545. The first-order valence-electron chi connectivity index (χ1n) is 3.00. The summed E-state index contributed by atoms with van der Waals surface area (Å²) >= 11 is 0. The molecule has 0 bridgehead atoms. The Morgan fingerprint density at radius 1 is 1.62 bits per heavy atom. The van der Waals surface area contributed by atoms with Gasteiger partial charge in [-0.1, -0.05) is 0 Å². The third-order valence-corrected chi connectivity index (χ3v) is 1.83. The summed E-state index contributed by atoms with van der Waals surface area (Å²) in [7, 11) is 2.31. The molecule has 1 saturated heterocycles. The highest BCUT2D eigenvalue weighted by Crippen LogP contribution is 2.07. The molecule has 0 radical (unpaired) electrons. The molecule has 0 saturated carbocycles. The molecule has 2 nitrogen and oxygen atoms in total. The minimum absolute atomic E-state index is 0.439. The van der Waals surface area contributed by atoms with E-state index in [-0.39, 0.29) is 0 Å². The summed E-state index contributed by atoms with van der Waals surface area (Å²) in [5.41, 5.74) is 0. The molecular formula is C5H12NOP. The van der Waals surface area contributed by atoms with E-state index in [1.54, 1.807) is 0 Å².